The smallest absolute Gasteiger partial charge is 0.166 e. The van der Waals surface area contributed by atoms with Crippen molar-refractivity contribution in [2.45, 2.75) is 0 Å². The van der Waals surface area contributed by atoms with Crippen LogP contribution in [-0.4, -0.2) is 19.5 Å². The van der Waals surface area contributed by atoms with Crippen molar-refractivity contribution in [1.82, 2.24) is 19.5 Å². The Labute approximate surface area is 386 Å². The first-order chi connectivity index (χ1) is 33.2. The Morgan fingerprint density at radius 2 is 0.866 bits per heavy atom. The van der Waals surface area contributed by atoms with E-state index in [-0.39, 0.29) is 0 Å². The maximum absolute atomic E-state index is 6.46. The molecule has 0 aliphatic rings. The Hall–Kier alpha value is -8.71. The Morgan fingerprint density at radius 1 is 0.358 bits per heavy atom. The minimum Gasteiger partial charge on any atom is -0.456 e. The van der Waals surface area contributed by atoms with Crippen LogP contribution in [0.25, 0.3) is 147 Å². The first-order valence-corrected chi connectivity index (χ1v) is 23.4. The SMILES string of the molecule is c1ccc2cc(-c3nc(-c4ccc5c(c4)oc4ccccc45)nc(-c4c(-n5c6cc7ccccc7cc6c6cc7ccccc7cc65)c5sc6ccccc6c5c5ccccc45)n3)ccc2c1. The van der Waals surface area contributed by atoms with Crippen LogP contribution in [0.5, 0.6) is 0 Å². The summed E-state index contributed by atoms with van der Waals surface area (Å²) in [4.78, 5) is 16.5. The van der Waals surface area contributed by atoms with Gasteiger partial charge in [-0.3, -0.25) is 0 Å². The molecule has 67 heavy (non-hydrogen) atoms. The molecule has 0 radical (unpaired) electrons. The van der Waals surface area contributed by atoms with Gasteiger partial charge in [0.25, 0.3) is 0 Å². The molecular formula is C61H34N4OS. The highest BCUT2D eigenvalue weighted by molar-refractivity contribution is 7.26. The Kier molecular flexibility index (Phi) is 7.59. The molecule has 4 heterocycles. The second kappa shape index (κ2) is 13.9. The molecule has 4 aromatic heterocycles. The van der Waals surface area contributed by atoms with E-state index in [1.165, 1.54) is 52.5 Å². The first-order valence-electron chi connectivity index (χ1n) is 22.6. The predicted molar refractivity (Wildman–Crippen MR) is 281 cm³/mol. The van der Waals surface area contributed by atoms with Crippen molar-refractivity contribution in [3.63, 3.8) is 0 Å². The second-order valence-electron chi connectivity index (χ2n) is 17.5. The summed E-state index contributed by atoms with van der Waals surface area (Å²) in [5.74, 6) is 1.77. The van der Waals surface area contributed by atoms with Gasteiger partial charge in [-0.05, 0) is 97.7 Å². The number of aromatic nitrogens is 4. The molecule has 0 saturated heterocycles. The number of hydrogen-bond acceptors (Lipinski definition) is 5. The summed E-state index contributed by atoms with van der Waals surface area (Å²) < 4.78 is 11.4. The van der Waals surface area contributed by atoms with Crippen molar-refractivity contribution in [2.24, 2.45) is 0 Å². The van der Waals surface area contributed by atoms with Crippen LogP contribution in [0.1, 0.15) is 0 Å². The Balaban J connectivity index is 1.12. The summed E-state index contributed by atoms with van der Waals surface area (Å²) in [7, 11) is 0. The molecule has 0 bridgehead atoms. The van der Waals surface area contributed by atoms with Gasteiger partial charge in [0.05, 0.1) is 27.0 Å². The lowest BCUT2D eigenvalue weighted by Crippen LogP contribution is -2.05. The average molecular weight is 871 g/mol. The van der Waals surface area contributed by atoms with Crippen LogP contribution in [0.3, 0.4) is 0 Å². The molecular weight excluding hydrogens is 837 g/mol. The van der Waals surface area contributed by atoms with Crippen LogP contribution in [0.2, 0.25) is 0 Å². The van der Waals surface area contributed by atoms with Gasteiger partial charge in [0.1, 0.15) is 11.2 Å². The molecule has 0 N–H and O–H groups in total. The fourth-order valence-corrected chi connectivity index (χ4v) is 11.9. The molecule has 0 spiro atoms. The zero-order valence-electron chi connectivity index (χ0n) is 35.7. The van der Waals surface area contributed by atoms with Crippen molar-refractivity contribution in [3.05, 3.63) is 206 Å². The monoisotopic (exact) mass is 870 g/mol. The van der Waals surface area contributed by atoms with Crippen LogP contribution < -0.4 is 0 Å². The van der Waals surface area contributed by atoms with Gasteiger partial charge >= 0.3 is 0 Å². The Morgan fingerprint density at radius 3 is 1.57 bits per heavy atom. The van der Waals surface area contributed by atoms with E-state index in [1.54, 1.807) is 0 Å². The molecule has 0 aliphatic carbocycles. The summed E-state index contributed by atoms with van der Waals surface area (Å²) in [6, 6.07) is 73.9. The minimum absolute atomic E-state index is 0.571. The summed E-state index contributed by atoms with van der Waals surface area (Å²) in [5, 5.41) is 16.3. The van der Waals surface area contributed by atoms with E-state index in [0.717, 1.165) is 76.9 Å². The minimum atomic E-state index is 0.571. The predicted octanol–water partition coefficient (Wildman–Crippen LogP) is 16.8. The van der Waals surface area contributed by atoms with E-state index in [4.69, 9.17) is 19.4 Å². The molecule has 0 amide bonds. The van der Waals surface area contributed by atoms with Gasteiger partial charge in [0.15, 0.2) is 17.5 Å². The molecule has 6 heteroatoms. The molecule has 0 atom stereocenters. The largest absolute Gasteiger partial charge is 0.456 e. The van der Waals surface area contributed by atoms with Gasteiger partial charge in [-0.25, -0.2) is 15.0 Å². The molecule has 310 valence electrons. The van der Waals surface area contributed by atoms with Crippen LogP contribution in [0.15, 0.2) is 211 Å². The van der Waals surface area contributed by atoms with Crippen molar-refractivity contribution in [2.75, 3.05) is 0 Å². The highest BCUT2D eigenvalue weighted by atomic mass is 32.1. The van der Waals surface area contributed by atoms with Crippen molar-refractivity contribution in [1.29, 1.82) is 0 Å². The lowest BCUT2D eigenvalue weighted by atomic mass is 9.96. The van der Waals surface area contributed by atoms with E-state index < -0.39 is 0 Å². The molecule has 11 aromatic carbocycles. The van der Waals surface area contributed by atoms with Crippen LogP contribution in [-0.2, 0) is 0 Å². The van der Waals surface area contributed by atoms with Gasteiger partial charge < -0.3 is 8.98 Å². The number of hydrogen-bond donors (Lipinski definition) is 0. The van der Waals surface area contributed by atoms with Gasteiger partial charge in [-0.2, -0.15) is 0 Å². The standard InChI is InChI=1S/C61H34N4OS/c1-2-14-36-29-41(26-25-35(36)13-1)59-62-60(42-27-28-44-43-19-9-11-23-52(43)66-53(44)34-42)64-61(63-59)56-46-21-8-7-20-45(46)55-47-22-10-12-24-54(47)67-58(55)57(56)65-50-32-39-17-5-3-15-37(39)30-48(50)49-31-38-16-4-6-18-40(38)33-51(49)65/h1-34H. The average Bonchev–Trinajstić information content (AvgIpc) is 4.06. The first kappa shape index (κ1) is 36.6. The number of para-hydroxylation sites is 1. The number of nitrogens with zero attached hydrogens (tertiary/aromatic N) is 4. The fraction of sp³-hybridized carbons (Fsp3) is 0. The summed E-state index contributed by atoms with van der Waals surface area (Å²) in [6.45, 7) is 0. The molecule has 0 aliphatic heterocycles. The van der Waals surface area contributed by atoms with E-state index in [9.17, 15) is 0 Å². The molecule has 15 rings (SSSR count). The number of furan rings is 1. The zero-order chi connectivity index (χ0) is 43.7. The summed E-state index contributed by atoms with van der Waals surface area (Å²) in [5.41, 5.74) is 7.65. The summed E-state index contributed by atoms with van der Waals surface area (Å²) >= 11 is 1.84. The molecule has 5 nitrogen and oxygen atoms in total. The third-order valence-electron chi connectivity index (χ3n) is 13.7. The lowest BCUT2D eigenvalue weighted by Gasteiger charge is -2.19. The van der Waals surface area contributed by atoms with Crippen LogP contribution >= 0.6 is 11.3 Å². The van der Waals surface area contributed by atoms with E-state index >= 15 is 0 Å². The quantitative estimate of drug-likeness (QED) is 0.177. The molecule has 0 unspecified atom stereocenters. The van der Waals surface area contributed by atoms with Gasteiger partial charge in [0, 0.05) is 48.1 Å². The van der Waals surface area contributed by atoms with Crippen LogP contribution in [0, 0.1) is 0 Å². The van der Waals surface area contributed by atoms with Crippen molar-refractivity contribution < 1.29 is 4.42 Å². The normalized spacial score (nSPS) is 12.2. The van der Waals surface area contributed by atoms with Crippen LogP contribution in [0.4, 0.5) is 0 Å². The number of fused-ring (bicyclic) bond motifs is 14. The summed E-state index contributed by atoms with van der Waals surface area (Å²) in [6.07, 6.45) is 0. The Bertz CT molecular complexity index is 4500. The maximum Gasteiger partial charge on any atom is 0.166 e. The number of benzene rings is 11. The van der Waals surface area contributed by atoms with E-state index in [1.807, 2.05) is 23.5 Å². The number of rotatable bonds is 4. The number of thiophene rings is 1. The topological polar surface area (TPSA) is 56.7 Å². The van der Waals surface area contributed by atoms with E-state index in [0.29, 0.717) is 17.5 Å². The van der Waals surface area contributed by atoms with Crippen molar-refractivity contribution >= 4 is 118 Å². The second-order valence-corrected chi connectivity index (χ2v) is 18.6. The molecule has 0 fully saturated rings. The third kappa shape index (κ3) is 5.45. The van der Waals surface area contributed by atoms with Gasteiger partial charge in [-0.15, -0.1) is 11.3 Å². The maximum atomic E-state index is 6.46. The lowest BCUT2D eigenvalue weighted by molar-refractivity contribution is 0.669. The molecule has 15 aromatic rings. The van der Waals surface area contributed by atoms with Crippen molar-refractivity contribution in [3.8, 4) is 39.9 Å². The highest BCUT2D eigenvalue weighted by Crippen LogP contribution is 2.50. The van der Waals surface area contributed by atoms with Gasteiger partial charge in [-0.1, -0.05) is 152 Å². The zero-order valence-corrected chi connectivity index (χ0v) is 36.6. The fourth-order valence-electron chi connectivity index (χ4n) is 10.6. The molecule has 0 saturated carbocycles. The third-order valence-corrected chi connectivity index (χ3v) is 14.9. The van der Waals surface area contributed by atoms with Gasteiger partial charge in [0.2, 0.25) is 0 Å². The van der Waals surface area contributed by atoms with E-state index in [2.05, 4.69) is 199 Å². The highest BCUT2D eigenvalue weighted by Gasteiger charge is 2.27.